The Balaban J connectivity index is 0.000000199. The summed E-state index contributed by atoms with van der Waals surface area (Å²) in [5.74, 6) is 0.887. The molecule has 0 bridgehead atoms. The van der Waals surface area contributed by atoms with Gasteiger partial charge in [-0.25, -0.2) is 9.59 Å². The average molecular weight is 503 g/mol. The summed E-state index contributed by atoms with van der Waals surface area (Å²) in [6, 6.07) is 13.1. The first-order valence-electron chi connectivity index (χ1n) is 11.5. The van der Waals surface area contributed by atoms with Crippen molar-refractivity contribution in [2.24, 2.45) is 0 Å². The minimum Gasteiger partial charge on any atom is -0.478 e. The number of aliphatic carboxylic acids is 2. The van der Waals surface area contributed by atoms with Crippen molar-refractivity contribution in [3.63, 3.8) is 0 Å². The van der Waals surface area contributed by atoms with Crippen LogP contribution in [-0.2, 0) is 22.7 Å². The van der Waals surface area contributed by atoms with E-state index in [4.69, 9.17) is 29.2 Å². The second-order valence-electron chi connectivity index (χ2n) is 8.46. The minimum atomic E-state index is -1.26. The van der Waals surface area contributed by atoms with Crippen molar-refractivity contribution in [2.75, 3.05) is 13.6 Å². The zero-order chi connectivity index (χ0) is 26.5. The molecule has 0 spiro atoms. The second kappa shape index (κ2) is 14.6. The van der Waals surface area contributed by atoms with Gasteiger partial charge in [-0.05, 0) is 35.4 Å². The summed E-state index contributed by atoms with van der Waals surface area (Å²) < 4.78 is 21.1. The molecule has 36 heavy (non-hydrogen) atoms. The van der Waals surface area contributed by atoms with Gasteiger partial charge in [0.1, 0.15) is 0 Å². The number of rotatable bonds is 8. The number of hydrogen-bond acceptors (Lipinski definition) is 8. The van der Waals surface area contributed by atoms with Crippen LogP contribution < -0.4 is 29.6 Å². The lowest BCUT2D eigenvalue weighted by Gasteiger charge is -2.08. The van der Waals surface area contributed by atoms with Crippen molar-refractivity contribution in [3.8, 4) is 23.0 Å². The van der Waals surface area contributed by atoms with Crippen LogP contribution in [0.4, 0.5) is 0 Å². The number of fused-ring (bicyclic) bond motifs is 2. The van der Waals surface area contributed by atoms with E-state index in [-0.39, 0.29) is 0 Å². The number of benzene rings is 2. The number of nitrogens with one attached hydrogen (secondary N) is 2. The Morgan fingerprint density at radius 3 is 1.42 bits per heavy atom. The molecule has 196 valence electrons. The minimum absolute atomic E-state index is 0.344. The molecule has 2 aliphatic heterocycles. The molecule has 0 saturated heterocycles. The van der Waals surface area contributed by atoms with E-state index in [9.17, 15) is 9.59 Å². The van der Waals surface area contributed by atoms with E-state index in [1.807, 2.05) is 24.3 Å². The molecule has 0 fully saturated rings. The van der Waals surface area contributed by atoms with Gasteiger partial charge in [0.15, 0.2) is 23.0 Å². The van der Waals surface area contributed by atoms with Gasteiger partial charge >= 0.3 is 11.9 Å². The van der Waals surface area contributed by atoms with Crippen molar-refractivity contribution in [1.29, 1.82) is 0 Å². The molecule has 4 rings (SSSR count). The lowest BCUT2D eigenvalue weighted by molar-refractivity contribution is -0.134. The summed E-state index contributed by atoms with van der Waals surface area (Å²) in [5, 5.41) is 22.3. The van der Waals surface area contributed by atoms with Gasteiger partial charge in [0, 0.05) is 37.3 Å². The summed E-state index contributed by atoms with van der Waals surface area (Å²) in [4.78, 5) is 19.1. The van der Waals surface area contributed by atoms with Gasteiger partial charge in [0.05, 0.1) is 0 Å². The molecule has 0 saturated carbocycles. The highest BCUT2D eigenvalue weighted by molar-refractivity contribution is 5.89. The first-order valence-corrected chi connectivity index (χ1v) is 11.5. The quantitative estimate of drug-likeness (QED) is 0.397. The van der Waals surface area contributed by atoms with Gasteiger partial charge < -0.3 is 39.8 Å². The fourth-order valence-corrected chi connectivity index (χ4v) is 2.89. The predicted octanol–water partition coefficient (Wildman–Crippen LogP) is 3.54. The Kier molecular flexibility index (Phi) is 11.5. The molecule has 0 aromatic heterocycles. The van der Waals surface area contributed by atoms with E-state index < -0.39 is 11.9 Å². The van der Waals surface area contributed by atoms with Crippen molar-refractivity contribution in [1.82, 2.24) is 10.6 Å². The van der Waals surface area contributed by atoms with Gasteiger partial charge in [-0.15, -0.1) is 0 Å². The SMILES string of the molecule is CC(C)NCc1ccc2c(c1)OCO2.CC(C)NCc1ccc2c(c1)OCO2.O=C(O)/C=C/C(=O)O. The Labute approximate surface area is 210 Å². The lowest BCUT2D eigenvalue weighted by atomic mass is 10.2. The monoisotopic (exact) mass is 502 g/mol. The predicted molar refractivity (Wildman–Crippen MR) is 133 cm³/mol. The van der Waals surface area contributed by atoms with E-state index in [0.29, 0.717) is 37.8 Å². The fraction of sp³-hybridized carbons (Fsp3) is 0.385. The number of ether oxygens (including phenoxy) is 4. The van der Waals surface area contributed by atoms with Gasteiger partial charge in [0.25, 0.3) is 0 Å². The molecule has 0 aliphatic carbocycles. The lowest BCUT2D eigenvalue weighted by Crippen LogP contribution is -2.21. The van der Waals surface area contributed by atoms with Gasteiger partial charge in [-0.1, -0.05) is 39.8 Å². The Hall–Kier alpha value is -3.76. The van der Waals surface area contributed by atoms with E-state index >= 15 is 0 Å². The highest BCUT2D eigenvalue weighted by Gasteiger charge is 2.13. The molecule has 2 aromatic rings. The molecule has 2 aromatic carbocycles. The molecule has 2 aliphatic rings. The van der Waals surface area contributed by atoms with Crippen molar-refractivity contribution in [3.05, 3.63) is 59.7 Å². The van der Waals surface area contributed by atoms with Crippen LogP contribution in [0, 0.1) is 0 Å². The number of hydrogen-bond donors (Lipinski definition) is 4. The molecule has 10 nitrogen and oxygen atoms in total. The van der Waals surface area contributed by atoms with Crippen LogP contribution in [-0.4, -0.2) is 47.8 Å². The van der Waals surface area contributed by atoms with Gasteiger partial charge in [-0.3, -0.25) is 0 Å². The molecule has 2 heterocycles. The summed E-state index contributed by atoms with van der Waals surface area (Å²) in [6.07, 6.45) is 1.12. The number of carboxylic acids is 2. The smallest absolute Gasteiger partial charge is 0.328 e. The maximum Gasteiger partial charge on any atom is 0.328 e. The van der Waals surface area contributed by atoms with Crippen molar-refractivity contribution in [2.45, 2.75) is 52.9 Å². The average Bonchev–Trinajstić information content (AvgIpc) is 3.49. The summed E-state index contributed by atoms with van der Waals surface area (Å²) in [5.41, 5.74) is 2.45. The van der Waals surface area contributed by atoms with E-state index in [0.717, 1.165) is 36.1 Å². The van der Waals surface area contributed by atoms with Crippen LogP contribution in [0.3, 0.4) is 0 Å². The maximum absolute atomic E-state index is 9.55. The van der Waals surface area contributed by atoms with Crippen LogP contribution in [0.1, 0.15) is 38.8 Å². The van der Waals surface area contributed by atoms with Gasteiger partial charge in [0.2, 0.25) is 13.6 Å². The van der Waals surface area contributed by atoms with Crippen LogP contribution >= 0.6 is 0 Å². The van der Waals surface area contributed by atoms with Crippen molar-refractivity contribution < 1.29 is 38.7 Å². The Morgan fingerprint density at radius 1 is 0.722 bits per heavy atom. The third kappa shape index (κ3) is 10.7. The van der Waals surface area contributed by atoms with E-state index in [2.05, 4.69) is 50.5 Å². The normalized spacial score (nSPS) is 12.7. The maximum atomic E-state index is 9.55. The highest BCUT2D eigenvalue weighted by atomic mass is 16.7. The zero-order valence-electron chi connectivity index (χ0n) is 20.9. The van der Waals surface area contributed by atoms with Gasteiger partial charge in [-0.2, -0.15) is 0 Å². The number of carbonyl (C=O) groups is 2. The van der Waals surface area contributed by atoms with Crippen LogP contribution in [0.25, 0.3) is 0 Å². The largest absolute Gasteiger partial charge is 0.478 e. The Bertz CT molecular complexity index is 955. The van der Waals surface area contributed by atoms with E-state index in [1.165, 1.54) is 11.1 Å². The van der Waals surface area contributed by atoms with Crippen LogP contribution in [0.5, 0.6) is 23.0 Å². The highest BCUT2D eigenvalue weighted by Crippen LogP contribution is 2.33. The molecular weight excluding hydrogens is 468 g/mol. The summed E-state index contributed by atoms with van der Waals surface area (Å²) >= 11 is 0. The fourth-order valence-electron chi connectivity index (χ4n) is 2.89. The third-order valence-electron chi connectivity index (χ3n) is 4.67. The zero-order valence-corrected chi connectivity index (χ0v) is 20.9. The first kappa shape index (κ1) is 28.5. The van der Waals surface area contributed by atoms with Crippen LogP contribution in [0.2, 0.25) is 0 Å². The third-order valence-corrected chi connectivity index (χ3v) is 4.67. The summed E-state index contributed by atoms with van der Waals surface area (Å²) in [7, 11) is 0. The standard InChI is InChI=1S/2C11H15NO2.C4H4O4/c2*1-8(2)12-6-9-3-4-10-11(5-9)14-7-13-10;5-3(6)1-2-4(7)8/h2*3-5,8,12H,6-7H2,1-2H3;1-2H,(H,5,6)(H,7,8)/b;;2-1+. The molecule has 10 heteroatoms. The molecule has 4 N–H and O–H groups in total. The number of carboxylic acid groups (broad SMARTS) is 2. The molecular formula is C26H34N2O8. The Morgan fingerprint density at radius 2 is 1.08 bits per heavy atom. The molecule has 0 atom stereocenters. The molecule has 0 amide bonds. The van der Waals surface area contributed by atoms with Crippen molar-refractivity contribution >= 4 is 11.9 Å². The van der Waals surface area contributed by atoms with Crippen LogP contribution in [0.15, 0.2) is 48.6 Å². The second-order valence-corrected chi connectivity index (χ2v) is 8.46. The van der Waals surface area contributed by atoms with E-state index in [1.54, 1.807) is 0 Å². The molecule has 0 unspecified atom stereocenters. The topological polar surface area (TPSA) is 136 Å². The summed E-state index contributed by atoms with van der Waals surface area (Å²) in [6.45, 7) is 11.0. The molecule has 0 radical (unpaired) electrons. The first-order chi connectivity index (χ1) is 17.1.